The number of hydrogen-bond acceptors (Lipinski definition) is 5. The van der Waals surface area contributed by atoms with Gasteiger partial charge in [-0.3, -0.25) is 0 Å². The smallest absolute Gasteiger partial charge is 0.243 e. The number of benzene rings is 1. The van der Waals surface area contributed by atoms with Crippen LogP contribution in [0.5, 0.6) is 0 Å². The first kappa shape index (κ1) is 12.3. The van der Waals surface area contributed by atoms with Crippen molar-refractivity contribution in [3.05, 3.63) is 47.6 Å². The number of hydrogen-bond donors (Lipinski definition) is 2. The Balaban J connectivity index is 1.59. The summed E-state index contributed by atoms with van der Waals surface area (Å²) < 4.78 is 5.25. The van der Waals surface area contributed by atoms with E-state index in [-0.39, 0.29) is 12.1 Å². The molecule has 1 aliphatic heterocycles. The number of rotatable bonds is 4. The lowest BCUT2D eigenvalue weighted by molar-refractivity contribution is 0.191. The molecule has 1 aromatic heterocycles. The minimum absolute atomic E-state index is 0.00650. The van der Waals surface area contributed by atoms with E-state index in [4.69, 9.17) is 4.52 Å². The van der Waals surface area contributed by atoms with Gasteiger partial charge in [-0.2, -0.15) is 4.98 Å². The highest BCUT2D eigenvalue weighted by Gasteiger charge is 2.27. The Kier molecular flexibility index (Phi) is 3.57. The minimum Gasteiger partial charge on any atom is -0.392 e. The molecule has 0 spiro atoms. The van der Waals surface area contributed by atoms with Crippen molar-refractivity contribution in [3.8, 4) is 0 Å². The van der Waals surface area contributed by atoms with Gasteiger partial charge in [0.1, 0.15) is 0 Å². The second kappa shape index (κ2) is 5.50. The highest BCUT2D eigenvalue weighted by molar-refractivity contribution is 5.15. The van der Waals surface area contributed by atoms with Gasteiger partial charge >= 0.3 is 0 Å². The van der Waals surface area contributed by atoms with Crippen LogP contribution in [-0.2, 0) is 12.8 Å². The molecule has 2 atom stereocenters. The summed E-state index contributed by atoms with van der Waals surface area (Å²) in [5, 5.41) is 16.6. The van der Waals surface area contributed by atoms with Crippen molar-refractivity contribution in [1.82, 2.24) is 15.5 Å². The van der Waals surface area contributed by atoms with Crippen LogP contribution >= 0.6 is 0 Å². The molecule has 0 amide bonds. The molecule has 0 saturated carbocycles. The van der Waals surface area contributed by atoms with Crippen LogP contribution in [0.1, 0.15) is 29.7 Å². The largest absolute Gasteiger partial charge is 0.392 e. The predicted octanol–water partition coefficient (Wildman–Crippen LogP) is 1.25. The van der Waals surface area contributed by atoms with E-state index in [0.717, 1.165) is 18.7 Å². The van der Waals surface area contributed by atoms with Gasteiger partial charge in [0.2, 0.25) is 5.89 Å². The Labute approximate surface area is 111 Å². The molecule has 1 saturated heterocycles. The van der Waals surface area contributed by atoms with Crippen LogP contribution in [0.25, 0.3) is 0 Å². The number of aryl methyl sites for hydroxylation is 2. The number of nitrogens with zero attached hydrogens (tertiary/aromatic N) is 2. The van der Waals surface area contributed by atoms with Crippen molar-refractivity contribution < 1.29 is 9.63 Å². The Morgan fingerprint density at radius 3 is 2.84 bits per heavy atom. The van der Waals surface area contributed by atoms with E-state index >= 15 is 0 Å². The maximum Gasteiger partial charge on any atom is 0.243 e. The van der Waals surface area contributed by atoms with Gasteiger partial charge in [-0.25, -0.2) is 0 Å². The third kappa shape index (κ3) is 3.00. The third-order valence-corrected chi connectivity index (χ3v) is 3.37. The zero-order valence-corrected chi connectivity index (χ0v) is 10.6. The second-order valence-corrected chi connectivity index (χ2v) is 4.88. The minimum atomic E-state index is -0.315. The number of β-amino-alcohol motifs (C(OH)–C–C–N with tert-alkyl or cyclic N) is 1. The van der Waals surface area contributed by atoms with Crippen LogP contribution < -0.4 is 5.32 Å². The van der Waals surface area contributed by atoms with Gasteiger partial charge in [-0.15, -0.1) is 0 Å². The molecule has 0 aliphatic carbocycles. The molecule has 2 heterocycles. The summed E-state index contributed by atoms with van der Waals surface area (Å²) in [5.74, 6) is 1.31. The van der Waals surface area contributed by atoms with E-state index in [2.05, 4.69) is 27.6 Å². The van der Waals surface area contributed by atoms with Gasteiger partial charge in [-0.05, 0) is 18.4 Å². The summed E-state index contributed by atoms with van der Waals surface area (Å²) >= 11 is 0. The lowest BCUT2D eigenvalue weighted by Crippen LogP contribution is -2.15. The van der Waals surface area contributed by atoms with E-state index in [1.807, 2.05) is 18.2 Å². The lowest BCUT2D eigenvalue weighted by atomic mass is 10.1. The summed E-state index contributed by atoms with van der Waals surface area (Å²) in [6.45, 7) is 0.590. The zero-order chi connectivity index (χ0) is 13.1. The fraction of sp³-hybridized carbons (Fsp3) is 0.429. The first-order valence-corrected chi connectivity index (χ1v) is 6.59. The van der Waals surface area contributed by atoms with Crippen molar-refractivity contribution >= 4 is 0 Å². The highest BCUT2D eigenvalue weighted by Crippen LogP contribution is 2.21. The standard InChI is InChI=1S/C14H17N3O2/c18-11-8-12(15-9-11)14-16-13(17-19-14)7-6-10-4-2-1-3-5-10/h1-5,11-12,15,18H,6-9H2/t11-,12+/m0/s1. The molecule has 3 rings (SSSR count). The Morgan fingerprint density at radius 2 is 2.11 bits per heavy atom. The topological polar surface area (TPSA) is 71.2 Å². The molecule has 5 heteroatoms. The number of nitrogens with one attached hydrogen (secondary N) is 1. The molecule has 2 N–H and O–H groups in total. The van der Waals surface area contributed by atoms with Gasteiger partial charge in [-0.1, -0.05) is 35.5 Å². The average Bonchev–Trinajstić information content (AvgIpc) is 3.06. The van der Waals surface area contributed by atoms with Crippen molar-refractivity contribution in [2.45, 2.75) is 31.4 Å². The average molecular weight is 259 g/mol. The molecule has 0 radical (unpaired) electrons. The van der Waals surface area contributed by atoms with Crippen LogP contribution in [0.2, 0.25) is 0 Å². The summed E-state index contributed by atoms with van der Waals surface area (Å²) in [6, 6.07) is 10.2. The molecular weight excluding hydrogens is 242 g/mol. The van der Waals surface area contributed by atoms with E-state index in [1.165, 1.54) is 5.56 Å². The summed E-state index contributed by atoms with van der Waals surface area (Å²) in [7, 11) is 0. The first-order chi connectivity index (χ1) is 9.31. The molecule has 0 unspecified atom stereocenters. The van der Waals surface area contributed by atoms with E-state index < -0.39 is 0 Å². The molecule has 19 heavy (non-hydrogen) atoms. The molecule has 1 aliphatic rings. The summed E-state index contributed by atoms with van der Waals surface area (Å²) in [4.78, 5) is 4.39. The fourth-order valence-electron chi connectivity index (χ4n) is 2.32. The van der Waals surface area contributed by atoms with Gasteiger partial charge in [0.25, 0.3) is 0 Å². The fourth-order valence-corrected chi connectivity index (χ4v) is 2.32. The van der Waals surface area contributed by atoms with Gasteiger partial charge in [0.15, 0.2) is 5.82 Å². The van der Waals surface area contributed by atoms with E-state index in [1.54, 1.807) is 0 Å². The third-order valence-electron chi connectivity index (χ3n) is 3.37. The monoisotopic (exact) mass is 259 g/mol. The van der Waals surface area contributed by atoms with Crippen molar-refractivity contribution in [3.63, 3.8) is 0 Å². The normalized spacial score (nSPS) is 22.8. The molecule has 5 nitrogen and oxygen atoms in total. The van der Waals surface area contributed by atoms with Crippen molar-refractivity contribution in [1.29, 1.82) is 0 Å². The van der Waals surface area contributed by atoms with Crippen LogP contribution in [-0.4, -0.2) is 27.9 Å². The van der Waals surface area contributed by atoms with E-state index in [0.29, 0.717) is 18.9 Å². The molecule has 100 valence electrons. The zero-order valence-electron chi connectivity index (χ0n) is 10.6. The summed E-state index contributed by atoms with van der Waals surface area (Å²) in [6.07, 6.45) is 1.99. The molecule has 2 aromatic rings. The molecule has 1 fully saturated rings. The van der Waals surface area contributed by atoms with Gasteiger partial charge in [0.05, 0.1) is 12.1 Å². The first-order valence-electron chi connectivity index (χ1n) is 6.59. The molecule has 0 bridgehead atoms. The second-order valence-electron chi connectivity index (χ2n) is 4.88. The van der Waals surface area contributed by atoms with Crippen LogP contribution in [0, 0.1) is 0 Å². The lowest BCUT2D eigenvalue weighted by Gasteiger charge is -2.01. The Bertz CT molecular complexity index is 526. The quantitative estimate of drug-likeness (QED) is 0.864. The Hall–Kier alpha value is -1.72. The SMILES string of the molecule is O[C@@H]1CN[C@@H](c2nc(CCc3ccccc3)no2)C1. The molecular formula is C14H17N3O2. The van der Waals surface area contributed by atoms with Gasteiger partial charge < -0.3 is 14.9 Å². The highest BCUT2D eigenvalue weighted by atomic mass is 16.5. The van der Waals surface area contributed by atoms with Crippen molar-refractivity contribution in [2.75, 3.05) is 6.54 Å². The number of aromatic nitrogens is 2. The van der Waals surface area contributed by atoms with Crippen LogP contribution in [0.15, 0.2) is 34.9 Å². The predicted molar refractivity (Wildman–Crippen MR) is 69.5 cm³/mol. The maximum absolute atomic E-state index is 9.47. The summed E-state index contributed by atoms with van der Waals surface area (Å²) in [5.41, 5.74) is 1.27. The number of aliphatic hydroxyl groups excluding tert-OH is 1. The van der Waals surface area contributed by atoms with Crippen LogP contribution in [0.3, 0.4) is 0 Å². The maximum atomic E-state index is 9.47. The van der Waals surface area contributed by atoms with Gasteiger partial charge in [0, 0.05) is 13.0 Å². The number of aliphatic hydroxyl groups is 1. The molecule has 1 aromatic carbocycles. The Morgan fingerprint density at radius 1 is 1.26 bits per heavy atom. The van der Waals surface area contributed by atoms with E-state index in [9.17, 15) is 5.11 Å². The van der Waals surface area contributed by atoms with Crippen molar-refractivity contribution in [2.24, 2.45) is 0 Å². The van der Waals surface area contributed by atoms with Crippen LogP contribution in [0.4, 0.5) is 0 Å².